The number of likely N-dealkylation sites (N-methyl/N-ethyl adjacent to an activating group) is 1. The second kappa shape index (κ2) is 5.96. The minimum atomic E-state index is -0.792. The summed E-state index contributed by atoms with van der Waals surface area (Å²) in [6, 6.07) is 5.72. The number of piperazine rings is 1. The van der Waals surface area contributed by atoms with Gasteiger partial charge in [0.2, 0.25) is 0 Å². The molecule has 0 saturated carbocycles. The minimum absolute atomic E-state index is 0.116. The Morgan fingerprint density at radius 1 is 0.957 bits per heavy atom. The van der Waals surface area contributed by atoms with Crippen molar-refractivity contribution < 1.29 is 18.8 Å². The number of carbonyl (C=O) groups is 3. The van der Waals surface area contributed by atoms with E-state index < -0.39 is 17.8 Å². The molecule has 1 aromatic carbocycles. The molecule has 0 aliphatic carbocycles. The van der Waals surface area contributed by atoms with Crippen LogP contribution >= 0.6 is 0 Å². The largest absolute Gasteiger partial charge is 0.369 e. The highest BCUT2D eigenvalue weighted by Crippen LogP contribution is 2.18. The van der Waals surface area contributed by atoms with Crippen LogP contribution in [0.1, 0.15) is 0 Å². The lowest BCUT2D eigenvalue weighted by Crippen LogP contribution is -2.51. The number of hydrogen-bond donors (Lipinski definition) is 0. The number of rotatable bonds is 3. The summed E-state index contributed by atoms with van der Waals surface area (Å²) in [6.45, 7) is 2.81. The van der Waals surface area contributed by atoms with Crippen LogP contribution in [0.25, 0.3) is 0 Å². The van der Waals surface area contributed by atoms with Crippen LogP contribution in [-0.4, -0.2) is 72.4 Å². The van der Waals surface area contributed by atoms with Gasteiger partial charge in [-0.2, -0.15) is 0 Å². The summed E-state index contributed by atoms with van der Waals surface area (Å²) in [5.74, 6) is -1.84. The van der Waals surface area contributed by atoms with Crippen molar-refractivity contribution in [1.82, 2.24) is 14.7 Å². The van der Waals surface area contributed by atoms with Crippen molar-refractivity contribution in [3.63, 3.8) is 0 Å². The van der Waals surface area contributed by atoms with Gasteiger partial charge < -0.3 is 4.90 Å². The Kier molecular flexibility index (Phi) is 3.99. The summed E-state index contributed by atoms with van der Waals surface area (Å²) in [7, 11) is 1.30. The molecule has 0 radical (unpaired) electrons. The van der Waals surface area contributed by atoms with Crippen LogP contribution in [0, 0.1) is 5.82 Å². The third-order valence-electron chi connectivity index (χ3n) is 4.16. The van der Waals surface area contributed by atoms with Crippen LogP contribution in [0.4, 0.5) is 14.9 Å². The van der Waals surface area contributed by atoms with E-state index in [1.165, 1.54) is 19.2 Å². The van der Waals surface area contributed by atoms with E-state index in [0.717, 1.165) is 15.5 Å². The smallest absolute Gasteiger partial charge is 0.335 e. The lowest BCUT2D eigenvalue weighted by atomic mass is 10.2. The molecule has 23 heavy (non-hydrogen) atoms. The molecule has 2 aliphatic rings. The Hall–Kier alpha value is -2.48. The summed E-state index contributed by atoms with van der Waals surface area (Å²) in [5.41, 5.74) is 0.939. The van der Waals surface area contributed by atoms with E-state index in [0.29, 0.717) is 26.2 Å². The van der Waals surface area contributed by atoms with E-state index in [4.69, 9.17) is 0 Å². The van der Waals surface area contributed by atoms with Crippen molar-refractivity contribution in [3.8, 4) is 0 Å². The second-order valence-electron chi connectivity index (χ2n) is 5.60. The summed E-state index contributed by atoms with van der Waals surface area (Å²) in [6.07, 6.45) is 0. The standard InChI is InChI=1S/C15H17FN4O3/c1-17-13(21)14(22)20(15(17)23)10-18-6-8-19(9-7-18)12-4-2-11(16)3-5-12/h2-5H,6-10H2,1H3. The zero-order valence-corrected chi connectivity index (χ0v) is 12.7. The predicted molar refractivity (Wildman–Crippen MR) is 80.1 cm³/mol. The van der Waals surface area contributed by atoms with Gasteiger partial charge in [0.15, 0.2) is 0 Å². The van der Waals surface area contributed by atoms with E-state index in [-0.39, 0.29) is 12.5 Å². The normalized spacial score (nSPS) is 19.9. The summed E-state index contributed by atoms with van der Waals surface area (Å²) >= 11 is 0. The highest BCUT2D eigenvalue weighted by Gasteiger charge is 2.42. The fraction of sp³-hybridized carbons (Fsp3) is 0.400. The molecule has 8 heteroatoms. The van der Waals surface area contributed by atoms with Crippen molar-refractivity contribution in [3.05, 3.63) is 30.1 Å². The van der Waals surface area contributed by atoms with E-state index in [1.807, 2.05) is 4.90 Å². The Bertz CT molecular complexity index is 641. The molecule has 2 aliphatic heterocycles. The fourth-order valence-electron chi connectivity index (χ4n) is 2.74. The third-order valence-corrected chi connectivity index (χ3v) is 4.16. The molecule has 122 valence electrons. The number of nitrogens with zero attached hydrogens (tertiary/aromatic N) is 4. The average Bonchev–Trinajstić information content (AvgIpc) is 2.74. The maximum atomic E-state index is 13.0. The van der Waals surface area contributed by atoms with Crippen LogP contribution in [0.5, 0.6) is 0 Å². The van der Waals surface area contributed by atoms with Crippen LogP contribution < -0.4 is 4.90 Å². The molecule has 7 nitrogen and oxygen atoms in total. The van der Waals surface area contributed by atoms with Gasteiger partial charge >= 0.3 is 17.8 Å². The Balaban J connectivity index is 1.57. The molecule has 3 rings (SSSR count). The number of carbonyl (C=O) groups excluding carboxylic acids is 3. The minimum Gasteiger partial charge on any atom is -0.369 e. The Labute approximate surface area is 132 Å². The number of amides is 4. The number of urea groups is 1. The number of benzene rings is 1. The topological polar surface area (TPSA) is 64.2 Å². The van der Waals surface area contributed by atoms with Crippen LogP contribution in [0.2, 0.25) is 0 Å². The van der Waals surface area contributed by atoms with E-state index >= 15 is 0 Å². The first-order valence-electron chi connectivity index (χ1n) is 7.34. The molecule has 0 spiro atoms. The zero-order chi connectivity index (χ0) is 16.6. The van der Waals surface area contributed by atoms with Gasteiger partial charge in [0.25, 0.3) is 0 Å². The molecule has 2 heterocycles. The quantitative estimate of drug-likeness (QED) is 0.593. The van der Waals surface area contributed by atoms with Gasteiger partial charge in [0.05, 0.1) is 6.67 Å². The monoisotopic (exact) mass is 320 g/mol. The summed E-state index contributed by atoms with van der Waals surface area (Å²) < 4.78 is 13.0. The van der Waals surface area contributed by atoms with E-state index in [1.54, 1.807) is 12.1 Å². The molecule has 0 bridgehead atoms. The van der Waals surface area contributed by atoms with Gasteiger partial charge in [-0.05, 0) is 24.3 Å². The first kappa shape index (κ1) is 15.4. The molecule has 0 N–H and O–H groups in total. The van der Waals surface area contributed by atoms with Gasteiger partial charge in [-0.1, -0.05) is 0 Å². The number of anilines is 1. The Morgan fingerprint density at radius 3 is 2.09 bits per heavy atom. The highest BCUT2D eigenvalue weighted by molar-refractivity contribution is 6.44. The maximum Gasteiger partial charge on any atom is 0.335 e. The number of halogens is 1. The molecule has 4 amide bonds. The molecular formula is C15H17FN4O3. The molecular weight excluding hydrogens is 303 g/mol. The highest BCUT2D eigenvalue weighted by atomic mass is 19.1. The van der Waals surface area contributed by atoms with Crippen molar-refractivity contribution in [2.24, 2.45) is 0 Å². The van der Waals surface area contributed by atoms with Crippen molar-refractivity contribution in [2.45, 2.75) is 0 Å². The number of imide groups is 2. The first-order valence-corrected chi connectivity index (χ1v) is 7.34. The van der Waals surface area contributed by atoms with Gasteiger partial charge in [0, 0.05) is 38.9 Å². The van der Waals surface area contributed by atoms with Gasteiger partial charge in [-0.15, -0.1) is 0 Å². The van der Waals surface area contributed by atoms with Gasteiger partial charge in [-0.3, -0.25) is 19.4 Å². The maximum absolute atomic E-state index is 13.0. The van der Waals surface area contributed by atoms with Crippen LogP contribution in [0.15, 0.2) is 24.3 Å². The third kappa shape index (κ3) is 2.89. The van der Waals surface area contributed by atoms with Crippen molar-refractivity contribution in [1.29, 1.82) is 0 Å². The molecule has 0 unspecified atom stereocenters. The first-order chi connectivity index (χ1) is 11.0. The lowest BCUT2D eigenvalue weighted by Gasteiger charge is -2.37. The average molecular weight is 320 g/mol. The SMILES string of the molecule is CN1C(=O)C(=O)N(CN2CCN(c3ccc(F)cc3)CC2)C1=O. The van der Waals surface area contributed by atoms with Crippen LogP contribution in [-0.2, 0) is 9.59 Å². The molecule has 2 saturated heterocycles. The second-order valence-corrected chi connectivity index (χ2v) is 5.60. The summed E-state index contributed by atoms with van der Waals surface area (Å²) in [5, 5.41) is 0. The van der Waals surface area contributed by atoms with E-state index in [9.17, 15) is 18.8 Å². The zero-order valence-electron chi connectivity index (χ0n) is 12.7. The molecule has 2 fully saturated rings. The van der Waals surface area contributed by atoms with Gasteiger partial charge in [-0.25, -0.2) is 14.1 Å². The predicted octanol–water partition coefficient (Wildman–Crippen LogP) is 0.326. The molecule has 0 aromatic heterocycles. The fourth-order valence-corrected chi connectivity index (χ4v) is 2.74. The summed E-state index contributed by atoms with van der Waals surface area (Å²) in [4.78, 5) is 41.0. The van der Waals surface area contributed by atoms with Gasteiger partial charge in [0.1, 0.15) is 5.82 Å². The molecule has 0 atom stereocenters. The van der Waals surface area contributed by atoms with E-state index in [2.05, 4.69) is 4.90 Å². The lowest BCUT2D eigenvalue weighted by molar-refractivity contribution is -0.143. The molecule has 1 aromatic rings. The van der Waals surface area contributed by atoms with Crippen molar-refractivity contribution in [2.75, 3.05) is 44.8 Å². The number of hydrogen-bond acceptors (Lipinski definition) is 5. The van der Waals surface area contributed by atoms with Crippen molar-refractivity contribution >= 4 is 23.5 Å². The Morgan fingerprint density at radius 2 is 1.57 bits per heavy atom. The van der Waals surface area contributed by atoms with Crippen LogP contribution in [0.3, 0.4) is 0 Å².